The van der Waals surface area contributed by atoms with Gasteiger partial charge in [-0.3, -0.25) is 4.79 Å². The van der Waals surface area contributed by atoms with E-state index >= 15 is 0 Å². The first-order valence-electron chi connectivity index (χ1n) is 3.66. The van der Waals surface area contributed by atoms with E-state index in [0.29, 0.717) is 0 Å². The molecule has 0 aliphatic carbocycles. The van der Waals surface area contributed by atoms with Crippen molar-refractivity contribution in [2.75, 3.05) is 5.75 Å². The van der Waals surface area contributed by atoms with Gasteiger partial charge in [-0.25, -0.2) is 0 Å². The van der Waals surface area contributed by atoms with Crippen LogP contribution in [0.1, 0.15) is 12.8 Å². The van der Waals surface area contributed by atoms with Crippen molar-refractivity contribution in [3.05, 3.63) is 16.8 Å². The fraction of sp³-hybridized carbons (Fsp3) is 0.375. The Hall–Kier alpha value is -0.480. The maximum atomic E-state index is 10.2. The minimum atomic E-state index is -0.707. The molecule has 0 aliphatic rings. The molecule has 0 atom stereocenters. The number of carboxylic acids is 1. The van der Waals surface area contributed by atoms with Crippen molar-refractivity contribution in [3.8, 4) is 0 Å². The van der Waals surface area contributed by atoms with Gasteiger partial charge in [0, 0.05) is 16.7 Å². The number of thioether (sulfide) groups is 1. The fourth-order valence-corrected chi connectivity index (χ4v) is 2.48. The Labute approximate surface area is 79.6 Å². The molecular weight excluding hydrogens is 192 g/mol. The standard InChI is InChI=1S/C8H10O2S2/c9-8(10)2-1-4-12-7-3-5-11-6-7/h3,5-6H,1-2,4H2,(H,9,10). The number of hydrogen-bond acceptors (Lipinski definition) is 3. The summed E-state index contributed by atoms with van der Waals surface area (Å²) in [5.41, 5.74) is 0. The van der Waals surface area contributed by atoms with E-state index in [4.69, 9.17) is 5.11 Å². The van der Waals surface area contributed by atoms with Gasteiger partial charge in [-0.05, 0) is 23.6 Å². The Morgan fingerprint density at radius 1 is 1.67 bits per heavy atom. The SMILES string of the molecule is O=C(O)CCCSc1ccsc1. The van der Waals surface area contributed by atoms with Gasteiger partial charge in [-0.2, -0.15) is 11.3 Å². The molecule has 0 spiro atoms. The maximum absolute atomic E-state index is 10.2. The highest BCUT2D eigenvalue weighted by Gasteiger charge is 1.97. The lowest BCUT2D eigenvalue weighted by molar-refractivity contribution is -0.137. The third kappa shape index (κ3) is 3.78. The van der Waals surface area contributed by atoms with Crippen LogP contribution in [0, 0.1) is 0 Å². The molecule has 1 heterocycles. The molecular formula is C8H10O2S2. The molecule has 0 saturated heterocycles. The van der Waals surface area contributed by atoms with Crippen LogP contribution in [0.3, 0.4) is 0 Å². The highest BCUT2D eigenvalue weighted by molar-refractivity contribution is 7.99. The maximum Gasteiger partial charge on any atom is 0.303 e. The largest absolute Gasteiger partial charge is 0.481 e. The molecule has 4 heteroatoms. The van der Waals surface area contributed by atoms with Crippen LogP contribution in [0.5, 0.6) is 0 Å². The van der Waals surface area contributed by atoms with Crippen molar-refractivity contribution >= 4 is 29.1 Å². The number of rotatable bonds is 5. The van der Waals surface area contributed by atoms with E-state index in [1.54, 1.807) is 23.1 Å². The normalized spacial score (nSPS) is 10.0. The Morgan fingerprint density at radius 3 is 3.08 bits per heavy atom. The van der Waals surface area contributed by atoms with Crippen LogP contribution in [0.25, 0.3) is 0 Å². The highest BCUT2D eigenvalue weighted by atomic mass is 32.2. The molecule has 0 fully saturated rings. The molecule has 66 valence electrons. The topological polar surface area (TPSA) is 37.3 Å². The molecule has 0 radical (unpaired) electrons. The Morgan fingerprint density at radius 2 is 2.50 bits per heavy atom. The molecule has 0 aromatic carbocycles. The molecule has 0 saturated carbocycles. The molecule has 0 unspecified atom stereocenters. The van der Waals surface area contributed by atoms with Crippen LogP contribution >= 0.6 is 23.1 Å². The smallest absolute Gasteiger partial charge is 0.303 e. The summed E-state index contributed by atoms with van der Waals surface area (Å²) in [6.07, 6.45) is 1.02. The number of carbonyl (C=O) groups is 1. The van der Waals surface area contributed by atoms with Gasteiger partial charge in [0.1, 0.15) is 0 Å². The van der Waals surface area contributed by atoms with Gasteiger partial charge in [-0.15, -0.1) is 11.8 Å². The summed E-state index contributed by atoms with van der Waals surface area (Å²) in [7, 11) is 0. The molecule has 1 N–H and O–H groups in total. The van der Waals surface area contributed by atoms with Crippen LogP contribution in [0.2, 0.25) is 0 Å². The van der Waals surface area contributed by atoms with Gasteiger partial charge in [0.05, 0.1) is 0 Å². The Balaban J connectivity index is 2.07. The van der Waals surface area contributed by atoms with Gasteiger partial charge in [0.25, 0.3) is 0 Å². The van der Waals surface area contributed by atoms with Gasteiger partial charge < -0.3 is 5.11 Å². The predicted octanol–water partition coefficient (Wildman–Crippen LogP) is 2.71. The third-order valence-corrected chi connectivity index (χ3v) is 3.21. The van der Waals surface area contributed by atoms with Crippen molar-refractivity contribution < 1.29 is 9.90 Å². The Kier molecular flexibility index (Phi) is 4.18. The van der Waals surface area contributed by atoms with Crippen LogP contribution in [-0.4, -0.2) is 16.8 Å². The van der Waals surface area contributed by atoms with E-state index in [9.17, 15) is 4.79 Å². The van der Waals surface area contributed by atoms with Crippen LogP contribution in [0.15, 0.2) is 21.7 Å². The number of hydrogen-bond donors (Lipinski definition) is 1. The lowest BCUT2D eigenvalue weighted by atomic mass is 10.3. The van der Waals surface area contributed by atoms with E-state index in [2.05, 4.69) is 11.4 Å². The first-order valence-corrected chi connectivity index (χ1v) is 5.58. The summed E-state index contributed by atoms with van der Waals surface area (Å²) in [6, 6.07) is 2.05. The van der Waals surface area contributed by atoms with E-state index in [0.717, 1.165) is 12.2 Å². The second-order valence-electron chi connectivity index (χ2n) is 2.30. The fourth-order valence-electron chi connectivity index (χ4n) is 0.748. The summed E-state index contributed by atoms with van der Waals surface area (Å²) in [5.74, 6) is 0.184. The molecule has 1 aromatic heterocycles. The van der Waals surface area contributed by atoms with Crippen molar-refractivity contribution in [1.29, 1.82) is 0 Å². The lowest BCUT2D eigenvalue weighted by Crippen LogP contribution is -1.94. The van der Waals surface area contributed by atoms with Crippen molar-refractivity contribution in [3.63, 3.8) is 0 Å². The first kappa shape index (κ1) is 9.61. The van der Waals surface area contributed by atoms with Gasteiger partial charge >= 0.3 is 5.97 Å². The average molecular weight is 202 g/mol. The van der Waals surface area contributed by atoms with Crippen LogP contribution < -0.4 is 0 Å². The van der Waals surface area contributed by atoms with Gasteiger partial charge in [0.2, 0.25) is 0 Å². The number of carboxylic acid groups (broad SMARTS) is 1. The van der Waals surface area contributed by atoms with E-state index in [-0.39, 0.29) is 6.42 Å². The second-order valence-corrected chi connectivity index (χ2v) is 4.25. The molecule has 1 rings (SSSR count). The van der Waals surface area contributed by atoms with Crippen LogP contribution in [-0.2, 0) is 4.79 Å². The minimum absolute atomic E-state index is 0.275. The van der Waals surface area contributed by atoms with E-state index < -0.39 is 5.97 Å². The molecule has 0 amide bonds. The van der Waals surface area contributed by atoms with Gasteiger partial charge in [0.15, 0.2) is 0 Å². The number of aliphatic carboxylic acids is 1. The summed E-state index contributed by atoms with van der Waals surface area (Å²) in [4.78, 5) is 11.4. The van der Waals surface area contributed by atoms with Crippen molar-refractivity contribution in [2.45, 2.75) is 17.7 Å². The van der Waals surface area contributed by atoms with E-state index in [1.165, 1.54) is 4.90 Å². The zero-order valence-electron chi connectivity index (χ0n) is 6.53. The monoisotopic (exact) mass is 202 g/mol. The zero-order chi connectivity index (χ0) is 8.81. The zero-order valence-corrected chi connectivity index (χ0v) is 8.16. The average Bonchev–Trinajstić information content (AvgIpc) is 2.49. The van der Waals surface area contributed by atoms with Crippen molar-refractivity contribution in [2.24, 2.45) is 0 Å². The Bertz CT molecular complexity index is 231. The van der Waals surface area contributed by atoms with Gasteiger partial charge in [-0.1, -0.05) is 0 Å². The summed E-state index contributed by atoms with van der Waals surface area (Å²) >= 11 is 3.38. The predicted molar refractivity (Wildman–Crippen MR) is 51.9 cm³/mol. The number of thiophene rings is 1. The van der Waals surface area contributed by atoms with Crippen molar-refractivity contribution in [1.82, 2.24) is 0 Å². The molecule has 2 nitrogen and oxygen atoms in total. The summed E-state index contributed by atoms with van der Waals surface area (Å²) < 4.78 is 0. The molecule has 0 bridgehead atoms. The molecule has 12 heavy (non-hydrogen) atoms. The minimum Gasteiger partial charge on any atom is -0.481 e. The summed E-state index contributed by atoms with van der Waals surface area (Å²) in [5, 5.41) is 12.5. The molecule has 1 aromatic rings. The second kappa shape index (κ2) is 5.22. The third-order valence-electron chi connectivity index (χ3n) is 1.30. The lowest BCUT2D eigenvalue weighted by Gasteiger charge is -1.95. The highest BCUT2D eigenvalue weighted by Crippen LogP contribution is 2.21. The molecule has 0 aliphatic heterocycles. The quantitative estimate of drug-likeness (QED) is 0.589. The van der Waals surface area contributed by atoms with E-state index in [1.807, 2.05) is 5.38 Å². The van der Waals surface area contributed by atoms with Crippen LogP contribution in [0.4, 0.5) is 0 Å². The first-order chi connectivity index (χ1) is 5.79. The summed E-state index contributed by atoms with van der Waals surface area (Å²) in [6.45, 7) is 0.